The maximum Gasteiger partial charge on any atom is 0.0349 e. The molecule has 1 rings (SSSR count). The number of aliphatic imine (C=N–C) groups is 1. The molecule has 0 aromatic heterocycles. The number of hydrogen-bond donors (Lipinski definition) is 0. The van der Waals surface area contributed by atoms with Crippen molar-refractivity contribution < 1.29 is 0 Å². The third-order valence-corrected chi connectivity index (χ3v) is 1.89. The van der Waals surface area contributed by atoms with Gasteiger partial charge in [-0.15, -0.1) is 0 Å². The van der Waals surface area contributed by atoms with Crippen molar-refractivity contribution >= 4 is 30.6 Å². The van der Waals surface area contributed by atoms with Gasteiger partial charge in [-0.05, 0) is 24.8 Å². The first-order valence-electron chi connectivity index (χ1n) is 1.88. The Bertz CT molecular complexity index is 145. The van der Waals surface area contributed by atoms with Crippen molar-refractivity contribution in [3.05, 3.63) is 16.4 Å². The fraction of sp³-hybridized carbons (Fsp3) is 0. The molecule has 0 aliphatic carbocycles. The van der Waals surface area contributed by atoms with Crippen molar-refractivity contribution in [2.75, 3.05) is 0 Å². The Morgan fingerprint density at radius 2 is 2.57 bits per heavy atom. The Balaban J connectivity index is 2.86. The first-order chi connectivity index (χ1) is 3.50. The summed E-state index contributed by atoms with van der Waals surface area (Å²) >= 11 is 0.0761. The summed E-state index contributed by atoms with van der Waals surface area (Å²) in [6, 6.07) is 0. The lowest BCUT2D eigenvalue weighted by molar-refractivity contribution is 1.63. The minimum absolute atomic E-state index is 0.0761. The van der Waals surface area contributed by atoms with Crippen LogP contribution in [0.25, 0.3) is 0 Å². The van der Waals surface area contributed by atoms with Crippen LogP contribution >= 0.6 is 20.7 Å². The standard InChI is InChI=1S/C5H4IN/c1-2-6-3-5-7-4-1/h1,3-5H. The third kappa shape index (κ3) is 1.80. The second kappa shape index (κ2) is 2.88. The highest BCUT2D eigenvalue weighted by molar-refractivity contribution is 14.2. The molecular formula is C5H4IN. The zero-order valence-electron chi connectivity index (χ0n) is 3.63. The maximum absolute atomic E-state index is 3.87. The molecule has 1 nitrogen and oxygen atoms in total. The molecule has 7 heavy (non-hydrogen) atoms. The SMILES string of the molecule is C1=CC=NC=CI=1. The number of rotatable bonds is 0. The van der Waals surface area contributed by atoms with Crippen molar-refractivity contribution in [1.29, 1.82) is 0 Å². The normalized spacial score (nSPS) is 16.0. The van der Waals surface area contributed by atoms with Crippen LogP contribution in [0.2, 0.25) is 0 Å². The van der Waals surface area contributed by atoms with Gasteiger partial charge in [0.05, 0.1) is 0 Å². The zero-order valence-corrected chi connectivity index (χ0v) is 5.79. The van der Waals surface area contributed by atoms with E-state index in [4.69, 9.17) is 0 Å². The van der Waals surface area contributed by atoms with Gasteiger partial charge in [-0.25, -0.2) is 0 Å². The molecule has 0 aromatic rings. The van der Waals surface area contributed by atoms with Gasteiger partial charge >= 0.3 is 0 Å². The fourth-order valence-electron chi connectivity index (χ4n) is 0.254. The smallest absolute Gasteiger partial charge is 0.0349 e. The van der Waals surface area contributed by atoms with Crippen molar-refractivity contribution in [3.63, 3.8) is 0 Å². The molecule has 0 N–H and O–H groups in total. The van der Waals surface area contributed by atoms with Gasteiger partial charge in [0.15, 0.2) is 0 Å². The maximum atomic E-state index is 3.87. The van der Waals surface area contributed by atoms with Crippen LogP contribution in [0, 0.1) is 0 Å². The van der Waals surface area contributed by atoms with E-state index in [1.807, 2.05) is 12.3 Å². The van der Waals surface area contributed by atoms with Crippen molar-refractivity contribution in [2.45, 2.75) is 0 Å². The minimum Gasteiger partial charge on any atom is -0.264 e. The van der Waals surface area contributed by atoms with Crippen LogP contribution < -0.4 is 0 Å². The summed E-state index contributed by atoms with van der Waals surface area (Å²) in [5, 5.41) is 0. The number of halogens is 1. The second-order valence-electron chi connectivity index (χ2n) is 0.958. The molecule has 0 aromatic carbocycles. The van der Waals surface area contributed by atoms with Gasteiger partial charge in [0.2, 0.25) is 0 Å². The molecule has 0 spiro atoms. The van der Waals surface area contributed by atoms with Gasteiger partial charge in [0.25, 0.3) is 0 Å². The van der Waals surface area contributed by atoms with E-state index in [2.05, 4.69) is 12.7 Å². The van der Waals surface area contributed by atoms with Crippen LogP contribution in [0.5, 0.6) is 0 Å². The van der Waals surface area contributed by atoms with Gasteiger partial charge in [-0.3, -0.25) is 4.99 Å². The largest absolute Gasteiger partial charge is 0.264 e. The predicted molar refractivity (Wildman–Crippen MR) is 41.2 cm³/mol. The van der Waals surface area contributed by atoms with E-state index in [9.17, 15) is 0 Å². The lowest BCUT2D eigenvalue weighted by Crippen LogP contribution is -1.54. The van der Waals surface area contributed by atoms with E-state index in [1.54, 1.807) is 6.21 Å². The van der Waals surface area contributed by atoms with Crippen molar-refractivity contribution in [1.82, 2.24) is 0 Å². The Hall–Kier alpha value is -0.210. The second-order valence-corrected chi connectivity index (χ2v) is 2.92. The lowest BCUT2D eigenvalue weighted by atomic mass is 10.7. The molecule has 1 aliphatic heterocycles. The Morgan fingerprint density at radius 3 is 3.57 bits per heavy atom. The quantitative estimate of drug-likeness (QED) is 0.531. The highest BCUT2D eigenvalue weighted by atomic mass is 127. The minimum atomic E-state index is 0.0761. The predicted octanol–water partition coefficient (Wildman–Crippen LogP) is 1.47. The van der Waals surface area contributed by atoms with Gasteiger partial charge in [0, 0.05) is 18.5 Å². The van der Waals surface area contributed by atoms with Crippen molar-refractivity contribution in [3.8, 4) is 0 Å². The van der Waals surface area contributed by atoms with Crippen LogP contribution in [-0.4, -0.2) is 9.88 Å². The summed E-state index contributed by atoms with van der Waals surface area (Å²) in [4.78, 5) is 3.87. The Morgan fingerprint density at radius 1 is 1.57 bits per heavy atom. The van der Waals surface area contributed by atoms with E-state index in [-0.39, 0.29) is 20.7 Å². The summed E-state index contributed by atoms with van der Waals surface area (Å²) in [5.41, 5.74) is 0. The molecule has 0 fully saturated rings. The van der Waals surface area contributed by atoms with Crippen LogP contribution in [-0.2, 0) is 0 Å². The average Bonchev–Trinajstić information content (AvgIpc) is 1.90. The molecule has 1 heterocycles. The lowest BCUT2D eigenvalue weighted by Gasteiger charge is -1.62. The zero-order chi connectivity index (χ0) is 4.95. The number of nitrogens with zero attached hydrogens (tertiary/aromatic N) is 1. The summed E-state index contributed by atoms with van der Waals surface area (Å²) in [6.07, 6.45) is 5.44. The molecule has 36 valence electrons. The highest BCUT2D eigenvalue weighted by Gasteiger charge is 1.64. The van der Waals surface area contributed by atoms with Gasteiger partial charge < -0.3 is 0 Å². The summed E-state index contributed by atoms with van der Waals surface area (Å²) < 4.78 is 5.16. The molecule has 0 saturated heterocycles. The molecule has 0 saturated carbocycles. The summed E-state index contributed by atoms with van der Waals surface area (Å²) in [5.74, 6) is 0. The first-order valence-corrected chi connectivity index (χ1v) is 4.20. The van der Waals surface area contributed by atoms with E-state index < -0.39 is 0 Å². The van der Waals surface area contributed by atoms with E-state index in [0.717, 1.165) is 0 Å². The van der Waals surface area contributed by atoms with Crippen molar-refractivity contribution in [2.24, 2.45) is 4.99 Å². The fourth-order valence-corrected chi connectivity index (χ4v) is 1.18. The van der Waals surface area contributed by atoms with Gasteiger partial charge in [-0.1, -0.05) is 3.67 Å². The number of hydrogen-bond acceptors (Lipinski definition) is 1. The van der Waals surface area contributed by atoms with Crippen LogP contribution in [0.15, 0.2) is 21.4 Å². The van der Waals surface area contributed by atoms with E-state index >= 15 is 0 Å². The third-order valence-electron chi connectivity index (χ3n) is 0.492. The monoisotopic (exact) mass is 205 g/mol. The van der Waals surface area contributed by atoms with Crippen LogP contribution in [0.3, 0.4) is 0 Å². The molecule has 0 atom stereocenters. The topological polar surface area (TPSA) is 12.4 Å². The van der Waals surface area contributed by atoms with Crippen LogP contribution in [0.1, 0.15) is 0 Å². The first kappa shape index (κ1) is 4.94. The number of allylic oxidation sites excluding steroid dienone is 1. The van der Waals surface area contributed by atoms with Crippen LogP contribution in [0.4, 0.5) is 0 Å². The van der Waals surface area contributed by atoms with E-state index in [0.29, 0.717) is 0 Å². The molecular weight excluding hydrogens is 201 g/mol. The molecule has 1 aliphatic rings. The van der Waals surface area contributed by atoms with Gasteiger partial charge in [-0.2, -0.15) is 0 Å². The summed E-state index contributed by atoms with van der Waals surface area (Å²) in [6.45, 7) is 0. The Labute approximate surface area is 52.2 Å². The molecule has 0 radical (unpaired) electrons. The molecule has 0 amide bonds. The van der Waals surface area contributed by atoms with Gasteiger partial charge in [0.1, 0.15) is 0 Å². The Kier molecular flexibility index (Phi) is 2.03. The van der Waals surface area contributed by atoms with E-state index in [1.165, 1.54) is 0 Å². The summed E-state index contributed by atoms with van der Waals surface area (Å²) in [7, 11) is 0. The molecule has 0 unspecified atom stereocenters. The molecule has 0 bridgehead atoms. The molecule has 2 heteroatoms. The highest BCUT2D eigenvalue weighted by Crippen LogP contribution is 1.95. The average molecular weight is 205 g/mol.